The Kier molecular flexibility index (Phi) is 7.58. The molecule has 4 rings (SSSR count). The summed E-state index contributed by atoms with van der Waals surface area (Å²) < 4.78 is 19.8. The van der Waals surface area contributed by atoms with Crippen molar-refractivity contribution in [1.29, 1.82) is 0 Å². The van der Waals surface area contributed by atoms with E-state index in [2.05, 4.69) is 49.5 Å². The lowest BCUT2D eigenvalue weighted by Crippen LogP contribution is -2.52. The van der Waals surface area contributed by atoms with E-state index >= 15 is 0 Å². The molecule has 2 aromatic carbocycles. The van der Waals surface area contributed by atoms with Gasteiger partial charge in [0.1, 0.15) is 17.9 Å². The average molecular weight is 531 g/mol. The van der Waals surface area contributed by atoms with Gasteiger partial charge >= 0.3 is 0 Å². The van der Waals surface area contributed by atoms with E-state index in [0.717, 1.165) is 25.2 Å². The van der Waals surface area contributed by atoms with E-state index in [1.165, 1.54) is 18.5 Å². The Morgan fingerprint density at radius 1 is 1.19 bits per heavy atom. The summed E-state index contributed by atoms with van der Waals surface area (Å²) in [6.07, 6.45) is 2.41. The largest absolute Gasteiger partial charge is 0.494 e. The van der Waals surface area contributed by atoms with Crippen molar-refractivity contribution < 1.29 is 14.2 Å². The van der Waals surface area contributed by atoms with Crippen LogP contribution in [0.25, 0.3) is 0 Å². The molecule has 5 N–H and O–H groups in total. The molecule has 0 spiro atoms. The van der Waals surface area contributed by atoms with Crippen molar-refractivity contribution in [2.75, 3.05) is 55.6 Å². The molecule has 2 heterocycles. The number of aliphatic hydroxyl groups is 1. The zero-order valence-electron chi connectivity index (χ0n) is 21.5. The first-order valence-corrected chi connectivity index (χ1v) is 12.2. The maximum absolute atomic E-state index is 14.2. The number of methoxy groups -OCH3 is 1. The molecule has 1 aliphatic heterocycles. The number of nitrogens with two attached hydrogens (primary N) is 1. The van der Waals surface area contributed by atoms with Crippen molar-refractivity contribution in [2.45, 2.75) is 31.9 Å². The van der Waals surface area contributed by atoms with Gasteiger partial charge in [-0.25, -0.2) is 14.4 Å². The molecule has 0 aliphatic carbocycles. The Labute approximate surface area is 220 Å². The summed E-state index contributed by atoms with van der Waals surface area (Å²) in [7, 11) is 5.70. The summed E-state index contributed by atoms with van der Waals surface area (Å²) in [5.74, 6) is 0.302. The van der Waals surface area contributed by atoms with Gasteiger partial charge in [0.05, 0.1) is 34.8 Å². The molecule has 0 amide bonds. The number of rotatable bonds is 9. The van der Waals surface area contributed by atoms with Crippen LogP contribution in [0.4, 0.5) is 39.0 Å². The molecule has 1 aliphatic rings. The predicted molar refractivity (Wildman–Crippen MR) is 145 cm³/mol. The SMILES string of the molecule is COc1cc(N2CC[C@@H]2CN(C)C)c(N)cc1Nc1ncnc(Nc2cc(F)c(Cl)cc2C(C)(C)O)n1. The topological polar surface area (TPSA) is 125 Å². The van der Waals surface area contributed by atoms with Crippen molar-refractivity contribution in [3.8, 4) is 5.75 Å². The number of nitrogen functional groups attached to an aromatic ring is 1. The Hall–Kier alpha value is -3.41. The van der Waals surface area contributed by atoms with Crippen molar-refractivity contribution >= 4 is 46.2 Å². The molecule has 1 atom stereocenters. The highest BCUT2D eigenvalue weighted by atomic mass is 35.5. The van der Waals surface area contributed by atoms with Crippen LogP contribution in [0.1, 0.15) is 25.8 Å². The summed E-state index contributed by atoms with van der Waals surface area (Å²) in [4.78, 5) is 17.1. The van der Waals surface area contributed by atoms with E-state index < -0.39 is 11.4 Å². The number of ether oxygens (including phenoxy) is 1. The van der Waals surface area contributed by atoms with E-state index in [0.29, 0.717) is 28.7 Å². The molecule has 12 heteroatoms. The zero-order valence-corrected chi connectivity index (χ0v) is 22.3. The van der Waals surface area contributed by atoms with Gasteiger partial charge in [0, 0.05) is 36.4 Å². The summed E-state index contributed by atoms with van der Waals surface area (Å²) in [5.41, 5.74) is 7.91. The first-order valence-electron chi connectivity index (χ1n) is 11.8. The van der Waals surface area contributed by atoms with Gasteiger partial charge < -0.3 is 36.0 Å². The highest BCUT2D eigenvalue weighted by Gasteiger charge is 2.30. The quantitative estimate of drug-likeness (QED) is 0.300. The number of likely N-dealkylation sites (N-methyl/N-ethyl adjacent to an activating group) is 1. The molecule has 0 saturated carbocycles. The van der Waals surface area contributed by atoms with Gasteiger partial charge in [-0.2, -0.15) is 4.98 Å². The molecule has 1 saturated heterocycles. The molecule has 0 radical (unpaired) electrons. The van der Waals surface area contributed by atoms with E-state index in [1.807, 2.05) is 6.07 Å². The Balaban J connectivity index is 1.58. The maximum Gasteiger partial charge on any atom is 0.232 e. The van der Waals surface area contributed by atoms with Crippen LogP contribution >= 0.6 is 11.6 Å². The second kappa shape index (κ2) is 10.5. The number of anilines is 6. The summed E-state index contributed by atoms with van der Waals surface area (Å²) in [5, 5.41) is 16.5. The molecular formula is C25H32ClFN8O2. The number of aromatic nitrogens is 3. The Morgan fingerprint density at radius 2 is 1.86 bits per heavy atom. The van der Waals surface area contributed by atoms with Gasteiger partial charge in [-0.05, 0) is 52.6 Å². The molecule has 3 aromatic rings. The zero-order chi connectivity index (χ0) is 26.9. The third-order valence-corrected chi connectivity index (χ3v) is 6.45. The highest BCUT2D eigenvalue weighted by molar-refractivity contribution is 6.30. The smallest absolute Gasteiger partial charge is 0.232 e. The monoisotopic (exact) mass is 530 g/mol. The standard InChI is InChI=1S/C25H32ClFN8O2/c1-25(2,36)15-8-16(26)17(27)9-19(15)31-23-29-13-30-24(33-23)32-20-10-18(28)21(11-22(20)37-5)35-7-6-14(35)12-34(3)4/h8-11,13-14,36H,6-7,12,28H2,1-5H3,(H2,29,30,31,32,33)/t14-/m1/s1. The third kappa shape index (κ3) is 5.95. The van der Waals surface area contributed by atoms with Crippen LogP contribution in [-0.2, 0) is 5.60 Å². The Morgan fingerprint density at radius 3 is 2.43 bits per heavy atom. The molecule has 37 heavy (non-hydrogen) atoms. The van der Waals surface area contributed by atoms with Crippen molar-refractivity contribution in [3.63, 3.8) is 0 Å². The summed E-state index contributed by atoms with van der Waals surface area (Å²) in [6, 6.07) is 6.65. The fourth-order valence-electron chi connectivity index (χ4n) is 4.28. The molecule has 10 nitrogen and oxygen atoms in total. The minimum absolute atomic E-state index is 0.0972. The van der Waals surface area contributed by atoms with Gasteiger partial charge in [0.2, 0.25) is 11.9 Å². The number of halogens is 2. The number of hydrogen-bond donors (Lipinski definition) is 4. The second-order valence-corrected chi connectivity index (χ2v) is 10.2. The number of benzene rings is 2. The van der Waals surface area contributed by atoms with Gasteiger partial charge in [0.15, 0.2) is 0 Å². The fraction of sp³-hybridized carbons (Fsp3) is 0.400. The highest BCUT2D eigenvalue weighted by Crippen LogP contribution is 2.40. The van der Waals surface area contributed by atoms with Crippen LogP contribution in [0.15, 0.2) is 30.6 Å². The van der Waals surface area contributed by atoms with Crippen LogP contribution in [0.3, 0.4) is 0 Å². The van der Waals surface area contributed by atoms with Crippen LogP contribution in [0.5, 0.6) is 5.75 Å². The molecule has 0 bridgehead atoms. The first kappa shape index (κ1) is 26.6. The number of nitrogens with one attached hydrogen (secondary N) is 2. The van der Waals surface area contributed by atoms with E-state index in [1.54, 1.807) is 27.0 Å². The normalized spacial score (nSPS) is 15.5. The van der Waals surface area contributed by atoms with E-state index in [-0.39, 0.29) is 22.6 Å². The first-order chi connectivity index (χ1) is 17.5. The van der Waals surface area contributed by atoms with Gasteiger partial charge in [0.25, 0.3) is 0 Å². The van der Waals surface area contributed by atoms with Crippen LogP contribution in [-0.4, -0.2) is 65.3 Å². The van der Waals surface area contributed by atoms with Gasteiger partial charge in [-0.1, -0.05) is 11.6 Å². The van der Waals surface area contributed by atoms with Crippen LogP contribution < -0.4 is 26.0 Å². The van der Waals surface area contributed by atoms with Gasteiger partial charge in [-0.3, -0.25) is 0 Å². The van der Waals surface area contributed by atoms with Gasteiger partial charge in [-0.15, -0.1) is 0 Å². The fourth-order valence-corrected chi connectivity index (χ4v) is 4.45. The second-order valence-electron chi connectivity index (χ2n) is 9.76. The number of nitrogens with zero attached hydrogens (tertiary/aromatic N) is 5. The number of hydrogen-bond acceptors (Lipinski definition) is 10. The molecule has 198 valence electrons. The molecule has 0 unspecified atom stereocenters. The van der Waals surface area contributed by atoms with E-state index in [9.17, 15) is 9.50 Å². The molecule has 1 aromatic heterocycles. The predicted octanol–water partition coefficient (Wildman–Crippen LogP) is 4.11. The Bertz CT molecular complexity index is 1280. The minimum Gasteiger partial charge on any atom is -0.494 e. The lowest BCUT2D eigenvalue weighted by molar-refractivity contribution is 0.0793. The lowest BCUT2D eigenvalue weighted by atomic mass is 9.96. The average Bonchev–Trinajstić information content (AvgIpc) is 2.80. The third-order valence-electron chi connectivity index (χ3n) is 6.16. The lowest BCUT2D eigenvalue weighted by Gasteiger charge is -2.44. The van der Waals surface area contributed by atoms with Crippen LogP contribution in [0, 0.1) is 5.82 Å². The molecular weight excluding hydrogens is 499 g/mol. The van der Waals surface area contributed by atoms with Crippen LogP contribution in [0.2, 0.25) is 5.02 Å². The molecule has 1 fully saturated rings. The maximum atomic E-state index is 14.2. The van der Waals surface area contributed by atoms with E-state index in [4.69, 9.17) is 22.1 Å². The summed E-state index contributed by atoms with van der Waals surface area (Å²) in [6.45, 7) is 5.02. The minimum atomic E-state index is -1.29. The summed E-state index contributed by atoms with van der Waals surface area (Å²) >= 11 is 5.93. The van der Waals surface area contributed by atoms with Crippen molar-refractivity contribution in [3.05, 3.63) is 47.0 Å². The van der Waals surface area contributed by atoms with Crippen molar-refractivity contribution in [1.82, 2.24) is 19.9 Å². The van der Waals surface area contributed by atoms with Crippen molar-refractivity contribution in [2.24, 2.45) is 0 Å².